The van der Waals surface area contributed by atoms with Gasteiger partial charge in [0.15, 0.2) is 0 Å². The summed E-state index contributed by atoms with van der Waals surface area (Å²) in [6.45, 7) is 12.2. The predicted molar refractivity (Wildman–Crippen MR) is 70.0 cm³/mol. The zero-order chi connectivity index (χ0) is 14.3. The third-order valence-corrected chi connectivity index (χ3v) is 3.63. The maximum atomic E-state index is 12.0. The van der Waals surface area contributed by atoms with Crippen LogP contribution in [0.15, 0.2) is 0 Å². The molecule has 0 aliphatic heterocycles. The summed E-state index contributed by atoms with van der Waals surface area (Å²) in [7, 11) is 0. The minimum atomic E-state index is -0.462. The molecule has 106 valence electrons. The van der Waals surface area contributed by atoms with Crippen LogP contribution in [0.4, 0.5) is 0 Å². The second-order valence-electron chi connectivity index (χ2n) is 5.29. The number of hydrogen-bond acceptors (Lipinski definition) is 4. The second-order valence-corrected chi connectivity index (χ2v) is 5.29. The number of carbonyl (C=O) groups excluding carboxylic acids is 2. The van der Waals surface area contributed by atoms with Gasteiger partial charge in [0.1, 0.15) is 0 Å². The molecule has 0 aliphatic carbocycles. The maximum absolute atomic E-state index is 12.0. The summed E-state index contributed by atoms with van der Waals surface area (Å²) < 4.78 is 10.0. The smallest absolute Gasteiger partial charge is 0.310 e. The molecule has 0 N–H and O–H groups in total. The number of carbonyl (C=O) groups is 2. The summed E-state index contributed by atoms with van der Waals surface area (Å²) in [5, 5.41) is 0. The summed E-state index contributed by atoms with van der Waals surface area (Å²) in [5.41, 5.74) is -0.307. The standard InChI is InChI=1S/C14H26O4/c1-7-17-12(15)9-11(13(16)18-8-2)14(5,6)10(3)4/h10-11H,7-9H2,1-6H3. The fraction of sp³-hybridized carbons (Fsp3) is 0.857. The molecule has 1 atom stereocenters. The molecular formula is C14H26O4. The van der Waals surface area contributed by atoms with Crippen molar-refractivity contribution < 1.29 is 19.1 Å². The Hall–Kier alpha value is -1.06. The largest absolute Gasteiger partial charge is 0.466 e. The lowest BCUT2D eigenvalue weighted by Crippen LogP contribution is -2.38. The Kier molecular flexibility index (Phi) is 6.96. The van der Waals surface area contributed by atoms with E-state index in [9.17, 15) is 9.59 Å². The van der Waals surface area contributed by atoms with Crippen LogP contribution in [-0.4, -0.2) is 25.2 Å². The molecule has 4 heteroatoms. The van der Waals surface area contributed by atoms with Crippen LogP contribution in [-0.2, 0) is 19.1 Å². The Morgan fingerprint density at radius 1 is 1.06 bits per heavy atom. The summed E-state index contributed by atoms with van der Waals surface area (Å²) in [5.74, 6) is -0.855. The summed E-state index contributed by atoms with van der Waals surface area (Å²) in [4.78, 5) is 23.6. The minimum absolute atomic E-state index is 0.0812. The highest BCUT2D eigenvalue weighted by Crippen LogP contribution is 2.38. The first-order chi connectivity index (χ1) is 8.27. The molecule has 18 heavy (non-hydrogen) atoms. The molecule has 0 aliphatic rings. The first-order valence-electron chi connectivity index (χ1n) is 6.59. The van der Waals surface area contributed by atoms with Crippen LogP contribution >= 0.6 is 0 Å². The van der Waals surface area contributed by atoms with Gasteiger partial charge in [-0.25, -0.2) is 0 Å². The van der Waals surface area contributed by atoms with E-state index in [4.69, 9.17) is 9.47 Å². The molecule has 0 fully saturated rings. The van der Waals surface area contributed by atoms with Crippen molar-refractivity contribution in [3.63, 3.8) is 0 Å². The number of rotatable bonds is 7. The summed E-state index contributed by atoms with van der Waals surface area (Å²) in [6.07, 6.45) is 0.0812. The third kappa shape index (κ3) is 4.67. The van der Waals surface area contributed by atoms with E-state index in [2.05, 4.69) is 0 Å². The van der Waals surface area contributed by atoms with Gasteiger partial charge in [0.05, 0.1) is 25.6 Å². The lowest BCUT2D eigenvalue weighted by molar-refractivity contribution is -0.160. The highest BCUT2D eigenvalue weighted by atomic mass is 16.5. The first-order valence-corrected chi connectivity index (χ1v) is 6.59. The SMILES string of the molecule is CCOC(=O)CC(C(=O)OCC)C(C)(C)C(C)C. The van der Waals surface area contributed by atoms with Crippen molar-refractivity contribution in [1.29, 1.82) is 0 Å². The predicted octanol–water partition coefficient (Wildman–Crippen LogP) is 2.80. The van der Waals surface area contributed by atoms with Crippen molar-refractivity contribution >= 4 is 11.9 Å². The van der Waals surface area contributed by atoms with Crippen molar-refractivity contribution in [3.05, 3.63) is 0 Å². The molecule has 1 unspecified atom stereocenters. The van der Waals surface area contributed by atoms with Gasteiger partial charge in [0.25, 0.3) is 0 Å². The molecule has 0 bridgehead atoms. The third-order valence-electron chi connectivity index (χ3n) is 3.63. The monoisotopic (exact) mass is 258 g/mol. The van der Waals surface area contributed by atoms with Crippen LogP contribution in [0.2, 0.25) is 0 Å². The average molecular weight is 258 g/mol. The van der Waals surface area contributed by atoms with Crippen LogP contribution in [0.1, 0.15) is 48.0 Å². The van der Waals surface area contributed by atoms with Crippen molar-refractivity contribution in [2.75, 3.05) is 13.2 Å². The van der Waals surface area contributed by atoms with E-state index in [1.54, 1.807) is 13.8 Å². The number of ether oxygens (including phenoxy) is 2. The van der Waals surface area contributed by atoms with Gasteiger partial charge < -0.3 is 9.47 Å². The molecule has 0 saturated heterocycles. The minimum Gasteiger partial charge on any atom is -0.466 e. The molecule has 0 radical (unpaired) electrons. The van der Waals surface area contributed by atoms with E-state index in [1.807, 2.05) is 27.7 Å². The van der Waals surface area contributed by atoms with Gasteiger partial charge in [-0.1, -0.05) is 27.7 Å². The molecular weight excluding hydrogens is 232 g/mol. The molecule has 0 aromatic heterocycles. The molecule has 0 amide bonds. The Morgan fingerprint density at radius 3 is 1.94 bits per heavy atom. The van der Waals surface area contributed by atoms with Crippen LogP contribution < -0.4 is 0 Å². The zero-order valence-electron chi connectivity index (χ0n) is 12.4. The van der Waals surface area contributed by atoms with E-state index in [-0.39, 0.29) is 29.7 Å². The van der Waals surface area contributed by atoms with Crippen molar-refractivity contribution in [1.82, 2.24) is 0 Å². The van der Waals surface area contributed by atoms with Gasteiger partial charge in [-0.15, -0.1) is 0 Å². The van der Waals surface area contributed by atoms with Crippen LogP contribution in [0.25, 0.3) is 0 Å². The molecule has 0 saturated carbocycles. The lowest BCUT2D eigenvalue weighted by atomic mass is 9.69. The van der Waals surface area contributed by atoms with E-state index in [0.29, 0.717) is 13.2 Å². The first kappa shape index (κ1) is 16.9. The summed E-state index contributed by atoms with van der Waals surface area (Å²) in [6, 6.07) is 0. The average Bonchev–Trinajstić information content (AvgIpc) is 2.26. The zero-order valence-corrected chi connectivity index (χ0v) is 12.4. The van der Waals surface area contributed by atoms with Crippen LogP contribution in [0.3, 0.4) is 0 Å². The molecule has 0 heterocycles. The van der Waals surface area contributed by atoms with E-state index >= 15 is 0 Å². The molecule has 0 aromatic carbocycles. The highest BCUT2D eigenvalue weighted by Gasteiger charge is 2.40. The quantitative estimate of drug-likeness (QED) is 0.659. The molecule has 0 rings (SSSR count). The van der Waals surface area contributed by atoms with Crippen LogP contribution in [0, 0.1) is 17.3 Å². The normalized spacial score (nSPS) is 13.3. The van der Waals surface area contributed by atoms with Crippen molar-refractivity contribution in [2.24, 2.45) is 17.3 Å². The van der Waals surface area contributed by atoms with Gasteiger partial charge >= 0.3 is 11.9 Å². The number of esters is 2. The van der Waals surface area contributed by atoms with E-state index < -0.39 is 5.92 Å². The highest BCUT2D eigenvalue weighted by molar-refractivity contribution is 5.80. The Morgan fingerprint density at radius 2 is 1.56 bits per heavy atom. The molecule has 0 spiro atoms. The van der Waals surface area contributed by atoms with Crippen molar-refractivity contribution in [2.45, 2.75) is 48.0 Å². The van der Waals surface area contributed by atoms with Gasteiger partial charge in [0, 0.05) is 0 Å². The van der Waals surface area contributed by atoms with Gasteiger partial charge in [0.2, 0.25) is 0 Å². The van der Waals surface area contributed by atoms with E-state index in [0.717, 1.165) is 0 Å². The van der Waals surface area contributed by atoms with Crippen LogP contribution in [0.5, 0.6) is 0 Å². The lowest BCUT2D eigenvalue weighted by Gasteiger charge is -2.35. The van der Waals surface area contributed by atoms with Crippen molar-refractivity contribution in [3.8, 4) is 0 Å². The summed E-state index contributed by atoms with van der Waals surface area (Å²) >= 11 is 0. The Balaban J connectivity index is 4.94. The topological polar surface area (TPSA) is 52.6 Å². The number of hydrogen-bond donors (Lipinski definition) is 0. The fourth-order valence-electron chi connectivity index (χ4n) is 1.68. The Bertz CT molecular complexity index is 282. The Labute approximate surface area is 110 Å². The molecule has 0 aromatic rings. The fourth-order valence-corrected chi connectivity index (χ4v) is 1.68. The van der Waals surface area contributed by atoms with E-state index in [1.165, 1.54) is 0 Å². The maximum Gasteiger partial charge on any atom is 0.310 e. The molecule has 4 nitrogen and oxygen atoms in total. The van der Waals surface area contributed by atoms with Gasteiger partial charge in [-0.2, -0.15) is 0 Å². The second kappa shape index (κ2) is 7.39. The van der Waals surface area contributed by atoms with Gasteiger partial charge in [-0.05, 0) is 25.2 Å². The van der Waals surface area contributed by atoms with Gasteiger partial charge in [-0.3, -0.25) is 9.59 Å².